The molecule has 2 aromatic heterocycles. The molecule has 0 saturated carbocycles. The highest BCUT2D eigenvalue weighted by atomic mass is 35.5. The predicted octanol–water partition coefficient (Wildman–Crippen LogP) is 3.54. The largest absolute Gasteiger partial charge is 0.497 e. The van der Waals surface area contributed by atoms with Crippen molar-refractivity contribution in [2.24, 2.45) is 0 Å². The average molecular weight is 302 g/mol. The number of hydrogen-bond acceptors (Lipinski definition) is 3. The van der Waals surface area contributed by atoms with E-state index in [0.717, 1.165) is 33.9 Å². The van der Waals surface area contributed by atoms with Crippen LogP contribution in [-0.4, -0.2) is 21.6 Å². The number of pyridine rings is 1. The lowest BCUT2D eigenvalue weighted by Gasteiger charge is -2.08. The van der Waals surface area contributed by atoms with Gasteiger partial charge < -0.3 is 9.30 Å². The Labute approximate surface area is 128 Å². The van der Waals surface area contributed by atoms with Gasteiger partial charge >= 0.3 is 0 Å². The number of halogens is 1. The molecule has 4 nitrogen and oxygen atoms in total. The summed E-state index contributed by atoms with van der Waals surface area (Å²) in [6, 6.07) is 9.94. The first-order valence-corrected chi connectivity index (χ1v) is 7.26. The number of fused-ring (bicyclic) bond motifs is 1. The summed E-state index contributed by atoms with van der Waals surface area (Å²) < 4.78 is 7.33. The zero-order valence-corrected chi connectivity index (χ0v) is 12.8. The minimum atomic E-state index is 0.361. The van der Waals surface area contributed by atoms with Crippen LogP contribution in [0.2, 0.25) is 0 Å². The minimum Gasteiger partial charge on any atom is -0.497 e. The number of methoxy groups -OCH3 is 1. The van der Waals surface area contributed by atoms with Crippen molar-refractivity contribution in [2.45, 2.75) is 19.3 Å². The molecule has 0 atom stereocenters. The molecule has 0 saturated heterocycles. The summed E-state index contributed by atoms with van der Waals surface area (Å²) in [6.45, 7) is 2.71. The van der Waals surface area contributed by atoms with Gasteiger partial charge in [0.05, 0.1) is 19.5 Å². The molecule has 0 fully saturated rings. The van der Waals surface area contributed by atoms with Crippen LogP contribution in [-0.2, 0) is 12.4 Å². The maximum Gasteiger partial charge on any atom is 0.160 e. The number of nitrogens with zero attached hydrogens (tertiary/aromatic N) is 3. The summed E-state index contributed by atoms with van der Waals surface area (Å²) in [7, 11) is 1.67. The minimum absolute atomic E-state index is 0.361. The number of rotatable bonds is 4. The number of aryl methyl sites for hydroxylation is 1. The lowest BCUT2D eigenvalue weighted by molar-refractivity contribution is 0.414. The van der Waals surface area contributed by atoms with E-state index in [1.165, 1.54) is 0 Å². The molecular formula is C16H16ClN3O. The smallest absolute Gasteiger partial charge is 0.160 e. The summed E-state index contributed by atoms with van der Waals surface area (Å²) in [5.74, 6) is 2.03. The molecule has 3 rings (SSSR count). The topological polar surface area (TPSA) is 39.9 Å². The Morgan fingerprint density at radius 2 is 2.14 bits per heavy atom. The second-order valence-electron chi connectivity index (χ2n) is 4.90. The first-order valence-electron chi connectivity index (χ1n) is 6.72. The van der Waals surface area contributed by atoms with Crippen molar-refractivity contribution in [2.75, 3.05) is 7.11 Å². The van der Waals surface area contributed by atoms with Gasteiger partial charge in [-0.1, -0.05) is 12.1 Å². The van der Waals surface area contributed by atoms with E-state index in [1.54, 1.807) is 13.3 Å². The van der Waals surface area contributed by atoms with Gasteiger partial charge in [-0.15, -0.1) is 11.6 Å². The van der Waals surface area contributed by atoms with Crippen LogP contribution < -0.4 is 4.74 Å². The predicted molar refractivity (Wildman–Crippen MR) is 83.9 cm³/mol. The van der Waals surface area contributed by atoms with Gasteiger partial charge in [-0.05, 0) is 36.2 Å². The molecule has 0 unspecified atom stereocenters. The molecule has 0 bridgehead atoms. The summed E-state index contributed by atoms with van der Waals surface area (Å²) >= 11 is 6.04. The Morgan fingerprint density at radius 3 is 2.90 bits per heavy atom. The zero-order chi connectivity index (χ0) is 14.8. The van der Waals surface area contributed by atoms with E-state index < -0.39 is 0 Å². The first kappa shape index (κ1) is 13.9. The third-order valence-electron chi connectivity index (χ3n) is 3.51. The molecule has 0 aliphatic heterocycles. The Kier molecular flexibility index (Phi) is 3.80. The van der Waals surface area contributed by atoms with E-state index >= 15 is 0 Å². The number of benzene rings is 1. The van der Waals surface area contributed by atoms with Crippen LogP contribution in [0.4, 0.5) is 0 Å². The van der Waals surface area contributed by atoms with Crippen molar-refractivity contribution in [1.29, 1.82) is 0 Å². The fourth-order valence-electron chi connectivity index (χ4n) is 2.41. The Bertz CT molecular complexity index is 782. The molecule has 0 aliphatic carbocycles. The normalized spacial score (nSPS) is 11.0. The summed E-state index contributed by atoms with van der Waals surface area (Å²) in [4.78, 5) is 9.07. The molecular weight excluding hydrogens is 286 g/mol. The lowest BCUT2D eigenvalue weighted by atomic mass is 10.2. The number of hydrogen-bond donors (Lipinski definition) is 0. The van der Waals surface area contributed by atoms with Crippen LogP contribution in [0.3, 0.4) is 0 Å². The van der Waals surface area contributed by atoms with Gasteiger partial charge in [-0.3, -0.25) is 0 Å². The molecule has 3 aromatic rings. The van der Waals surface area contributed by atoms with Gasteiger partial charge in [-0.2, -0.15) is 0 Å². The Morgan fingerprint density at radius 1 is 1.29 bits per heavy atom. The molecule has 0 radical (unpaired) electrons. The highest BCUT2D eigenvalue weighted by molar-refractivity contribution is 6.16. The molecule has 2 heterocycles. The van der Waals surface area contributed by atoms with E-state index in [4.69, 9.17) is 16.3 Å². The van der Waals surface area contributed by atoms with Crippen molar-refractivity contribution in [1.82, 2.24) is 14.5 Å². The van der Waals surface area contributed by atoms with E-state index in [-0.39, 0.29) is 0 Å². The van der Waals surface area contributed by atoms with E-state index in [1.807, 2.05) is 31.2 Å². The highest BCUT2D eigenvalue weighted by Crippen LogP contribution is 2.21. The van der Waals surface area contributed by atoms with E-state index in [0.29, 0.717) is 12.4 Å². The fraction of sp³-hybridized carbons (Fsp3) is 0.250. The molecule has 21 heavy (non-hydrogen) atoms. The van der Waals surface area contributed by atoms with Gasteiger partial charge in [0.1, 0.15) is 17.1 Å². The molecule has 0 aliphatic rings. The molecule has 1 aromatic carbocycles. The Balaban J connectivity index is 2.08. The van der Waals surface area contributed by atoms with Gasteiger partial charge in [0, 0.05) is 6.20 Å². The number of ether oxygens (including phenoxy) is 1. The maximum atomic E-state index is 6.04. The maximum absolute atomic E-state index is 6.04. The molecule has 0 N–H and O–H groups in total. The monoisotopic (exact) mass is 301 g/mol. The zero-order valence-electron chi connectivity index (χ0n) is 12.0. The lowest BCUT2D eigenvalue weighted by Crippen LogP contribution is -2.04. The van der Waals surface area contributed by atoms with E-state index in [9.17, 15) is 0 Å². The summed E-state index contributed by atoms with van der Waals surface area (Å²) in [6.07, 6.45) is 1.80. The van der Waals surface area contributed by atoms with Crippen LogP contribution in [0.5, 0.6) is 5.75 Å². The van der Waals surface area contributed by atoms with Crippen LogP contribution in [0.25, 0.3) is 11.2 Å². The van der Waals surface area contributed by atoms with Crippen molar-refractivity contribution in [3.8, 4) is 5.75 Å². The summed E-state index contributed by atoms with van der Waals surface area (Å²) in [5.41, 5.74) is 4.02. The SMILES string of the molecule is COc1cccc(Cn2c(CCl)nc3c(C)ccnc32)c1. The van der Waals surface area contributed by atoms with Gasteiger partial charge in [0.25, 0.3) is 0 Å². The fourth-order valence-corrected chi connectivity index (χ4v) is 2.61. The van der Waals surface area contributed by atoms with Crippen LogP contribution in [0.15, 0.2) is 36.5 Å². The first-order chi connectivity index (χ1) is 10.2. The second kappa shape index (κ2) is 5.74. The van der Waals surface area contributed by atoms with Crippen LogP contribution in [0.1, 0.15) is 17.0 Å². The highest BCUT2D eigenvalue weighted by Gasteiger charge is 2.13. The van der Waals surface area contributed by atoms with Gasteiger partial charge in [0.2, 0.25) is 0 Å². The molecule has 0 amide bonds. The van der Waals surface area contributed by atoms with Crippen LogP contribution in [0, 0.1) is 6.92 Å². The van der Waals surface area contributed by atoms with Crippen molar-refractivity contribution >= 4 is 22.8 Å². The van der Waals surface area contributed by atoms with Gasteiger partial charge in [-0.25, -0.2) is 9.97 Å². The van der Waals surface area contributed by atoms with Gasteiger partial charge in [0.15, 0.2) is 5.65 Å². The number of aromatic nitrogens is 3. The standard InChI is InChI=1S/C16H16ClN3O/c1-11-6-7-18-16-15(11)19-14(9-17)20(16)10-12-4-3-5-13(8-12)21-2/h3-8H,9-10H2,1-2H3. The van der Waals surface area contributed by atoms with E-state index in [2.05, 4.69) is 20.6 Å². The van der Waals surface area contributed by atoms with Crippen molar-refractivity contribution < 1.29 is 4.74 Å². The van der Waals surface area contributed by atoms with Crippen molar-refractivity contribution in [3.63, 3.8) is 0 Å². The Hall–Kier alpha value is -2.07. The number of imidazole rings is 1. The number of alkyl halides is 1. The average Bonchev–Trinajstić information content (AvgIpc) is 2.87. The third kappa shape index (κ3) is 2.59. The summed E-state index contributed by atoms with van der Waals surface area (Å²) in [5, 5.41) is 0. The molecule has 0 spiro atoms. The quantitative estimate of drug-likeness (QED) is 0.692. The molecule has 108 valence electrons. The molecule has 5 heteroatoms. The van der Waals surface area contributed by atoms with Crippen LogP contribution >= 0.6 is 11.6 Å². The van der Waals surface area contributed by atoms with Crippen molar-refractivity contribution in [3.05, 3.63) is 53.5 Å². The third-order valence-corrected chi connectivity index (χ3v) is 3.75. The second-order valence-corrected chi connectivity index (χ2v) is 5.17.